The monoisotopic (exact) mass is 1330 g/mol. The van der Waals surface area contributed by atoms with Crippen molar-refractivity contribution in [3.8, 4) is 11.5 Å². The summed E-state index contributed by atoms with van der Waals surface area (Å²) in [5.74, 6) is -1.75. The molecule has 21 heteroatoms. The summed E-state index contributed by atoms with van der Waals surface area (Å²) in [5, 5.41) is 80.9. The number of hydrogen-bond donors (Lipinski definition) is 9. The molecule has 0 unspecified atom stereocenters. The van der Waals surface area contributed by atoms with Crippen LogP contribution in [-0.2, 0) is 62.5 Å². The summed E-state index contributed by atoms with van der Waals surface area (Å²) in [6.45, 7) is 9.46. The van der Waals surface area contributed by atoms with Gasteiger partial charge in [0.15, 0.2) is 11.6 Å². The predicted molar refractivity (Wildman–Crippen MR) is 360 cm³/mol. The van der Waals surface area contributed by atoms with Crippen LogP contribution in [0.2, 0.25) is 0 Å². The second-order valence-electron chi connectivity index (χ2n) is 28.7. The third-order valence-corrected chi connectivity index (χ3v) is 20.7. The van der Waals surface area contributed by atoms with E-state index >= 15 is 0 Å². The summed E-state index contributed by atoms with van der Waals surface area (Å²) in [5.41, 5.74) is 3.05. The number of rotatable bonds is 29. The van der Waals surface area contributed by atoms with Gasteiger partial charge in [-0.05, 0) is 203 Å². The number of aliphatic hydroxyl groups excluding tert-OH is 7. The van der Waals surface area contributed by atoms with E-state index in [2.05, 4.69) is 20.4 Å². The van der Waals surface area contributed by atoms with Gasteiger partial charge in [0.2, 0.25) is 23.4 Å². The molecule has 2 saturated carbocycles. The van der Waals surface area contributed by atoms with Crippen LogP contribution in [0.4, 0.5) is 0 Å². The standard InChI is InChI=1S/C38H54N2O9.C37H52N2O8/c1-25-12-15-29(38-35(46)33(44)34(45)37(49-38,24-48-38)26(2)41)23-28(25)22-27-13-16-30(17-14-27)47-21-9-11-32(43)39-36(18-6-5-7-19-36)31(42)10-8-20-40(3)4;1-25-12-15-28(37-34(44)32(42)33(43)35(2,47-37)24-46-37)23-27(25)22-26-13-16-29(17-14-26)45-21-9-11-31(41)38-36(18-6-5-7-19-36)30(40)10-8-20-39(3)4/h12-17,23,26,33-35,41,44-46H,5-11,18-22,24H2,1-4H3,(H,39,43);12-17,23,32-34,42-44H,5-11,18-22,24H2,1-4H3,(H,38,41)/t26-,33+,34+,35-,37-,38+;32-,33-,34+,35-,37-/m10/s1. The van der Waals surface area contributed by atoms with E-state index in [4.69, 9.17) is 28.4 Å². The van der Waals surface area contributed by atoms with Gasteiger partial charge in [0.05, 0.1) is 43.6 Å². The van der Waals surface area contributed by atoms with E-state index in [1.54, 1.807) is 13.0 Å². The van der Waals surface area contributed by atoms with Gasteiger partial charge in [-0.2, -0.15) is 0 Å². The number of nitrogens with one attached hydrogen (secondary N) is 2. The molecule has 2 aliphatic carbocycles. The fourth-order valence-electron chi connectivity index (χ4n) is 14.7. The SMILES string of the molecule is Cc1ccc([C@]23OC[C@](C)(O2)[C@@H](O)[C@H](O)[C@H]3O)cc1Cc1ccc(OCCCC(=O)NC2(C(=O)CCCN(C)C)CCCCC2)cc1.Cc1ccc([C@]23OC[C@]([C@@H](C)O)(O2)[C@@H](O)[C@H](O)[C@H]3O)cc1Cc1ccc(OCCCC(=O)NC2(C(=O)CCCN(C)C)CCCCC2)cc1. The first-order chi connectivity index (χ1) is 45.7. The van der Waals surface area contributed by atoms with E-state index in [0.717, 1.165) is 111 Å². The van der Waals surface area contributed by atoms with Gasteiger partial charge in [-0.15, -0.1) is 0 Å². The molecule has 4 aromatic rings. The Bertz CT molecular complexity index is 3260. The Morgan fingerprint density at radius 3 is 1.35 bits per heavy atom. The number of ether oxygens (including phenoxy) is 6. The quantitative estimate of drug-likeness (QED) is 0.0265. The van der Waals surface area contributed by atoms with Crippen molar-refractivity contribution in [1.29, 1.82) is 0 Å². The number of fused-ring (bicyclic) bond motifs is 4. The van der Waals surface area contributed by atoms with Crippen LogP contribution >= 0.6 is 0 Å². The topological polar surface area (TPSA) is 296 Å². The van der Waals surface area contributed by atoms with Crippen LogP contribution in [0.1, 0.15) is 174 Å². The summed E-state index contributed by atoms with van der Waals surface area (Å²) in [6.07, 6.45) is 4.42. The van der Waals surface area contributed by atoms with Crippen LogP contribution in [0.25, 0.3) is 0 Å². The van der Waals surface area contributed by atoms with Crippen molar-refractivity contribution in [3.63, 3.8) is 0 Å². The number of Topliss-reactive ketones (excluding diaryl/α,β-unsaturated/α-hetero) is 2. The minimum Gasteiger partial charge on any atom is -0.494 e. The Balaban J connectivity index is 0.000000226. The molecule has 4 saturated heterocycles. The molecule has 0 spiro atoms. The predicted octanol–water partition coefficient (Wildman–Crippen LogP) is 6.42. The zero-order chi connectivity index (χ0) is 69.2. The molecule has 4 aromatic carbocycles. The van der Waals surface area contributed by atoms with Crippen LogP contribution < -0.4 is 20.1 Å². The van der Waals surface area contributed by atoms with Crippen molar-refractivity contribution >= 4 is 23.4 Å². The Kier molecular flexibility index (Phi) is 24.9. The number of ketones is 2. The molecule has 2 amide bonds. The molecule has 10 rings (SSSR count). The van der Waals surface area contributed by atoms with Crippen molar-refractivity contribution in [2.45, 2.75) is 233 Å². The fraction of sp³-hybridized carbons (Fsp3) is 0.627. The van der Waals surface area contributed by atoms with E-state index in [1.165, 1.54) is 6.92 Å². The average molecular weight is 1340 g/mol. The van der Waals surface area contributed by atoms with Crippen molar-refractivity contribution in [1.82, 2.24) is 20.4 Å². The van der Waals surface area contributed by atoms with Crippen molar-refractivity contribution in [3.05, 3.63) is 129 Å². The third-order valence-electron chi connectivity index (χ3n) is 20.7. The average Bonchev–Trinajstić information content (AvgIpc) is 1.55. The number of amides is 2. The lowest BCUT2D eigenvalue weighted by Crippen LogP contribution is -2.67. The largest absolute Gasteiger partial charge is 0.494 e. The molecule has 21 nitrogen and oxygen atoms in total. The van der Waals surface area contributed by atoms with Gasteiger partial charge in [0.25, 0.3) is 0 Å². The van der Waals surface area contributed by atoms with Crippen LogP contribution in [0.3, 0.4) is 0 Å². The maximum Gasteiger partial charge on any atom is 0.225 e. The normalized spacial score (nSPS) is 28.3. The highest BCUT2D eigenvalue weighted by atomic mass is 16.8. The van der Waals surface area contributed by atoms with E-state index in [1.807, 2.05) is 121 Å². The Morgan fingerprint density at radius 1 is 0.531 bits per heavy atom. The minimum atomic E-state index is -1.73. The van der Waals surface area contributed by atoms with Crippen molar-refractivity contribution < 1.29 is 83.3 Å². The fourth-order valence-corrected chi connectivity index (χ4v) is 14.7. The summed E-state index contributed by atoms with van der Waals surface area (Å²) < 4.78 is 36.0. The molecule has 4 aliphatic heterocycles. The number of carbonyl (C=O) groups is 4. The van der Waals surface area contributed by atoms with Crippen LogP contribution in [-0.4, -0.2) is 202 Å². The number of aliphatic hydroxyl groups is 7. The first-order valence-electron chi connectivity index (χ1n) is 34.8. The molecule has 4 bridgehead atoms. The van der Waals surface area contributed by atoms with Gasteiger partial charge >= 0.3 is 0 Å². The van der Waals surface area contributed by atoms with Gasteiger partial charge < -0.3 is 84.6 Å². The molecular formula is C75H106N4O17. The van der Waals surface area contributed by atoms with E-state index in [0.29, 0.717) is 100 Å². The summed E-state index contributed by atoms with van der Waals surface area (Å²) >= 11 is 0. The first-order valence-corrected chi connectivity index (χ1v) is 34.8. The molecule has 11 atom stereocenters. The molecule has 528 valence electrons. The second kappa shape index (κ2) is 32.1. The van der Waals surface area contributed by atoms with Crippen LogP contribution in [0.15, 0.2) is 84.9 Å². The zero-order valence-electron chi connectivity index (χ0n) is 57.6. The molecule has 6 aliphatic rings. The Labute approximate surface area is 566 Å². The van der Waals surface area contributed by atoms with Gasteiger partial charge in [0, 0.05) is 36.8 Å². The Morgan fingerprint density at radius 2 is 0.938 bits per heavy atom. The maximum absolute atomic E-state index is 13.2. The van der Waals surface area contributed by atoms with Crippen molar-refractivity contribution in [2.75, 3.05) is 67.7 Å². The summed E-state index contributed by atoms with van der Waals surface area (Å²) in [4.78, 5) is 56.4. The number of carbonyl (C=O) groups excluding carboxylic acids is 4. The van der Waals surface area contributed by atoms with Crippen LogP contribution in [0, 0.1) is 13.8 Å². The van der Waals surface area contributed by atoms with Crippen molar-refractivity contribution in [2.24, 2.45) is 0 Å². The van der Waals surface area contributed by atoms with E-state index in [9.17, 15) is 54.9 Å². The first kappa shape index (κ1) is 74.5. The zero-order valence-corrected chi connectivity index (χ0v) is 57.6. The lowest BCUT2D eigenvalue weighted by molar-refractivity contribution is -0.336. The lowest BCUT2D eigenvalue weighted by atomic mass is 9.77. The highest BCUT2D eigenvalue weighted by molar-refractivity contribution is 5.94. The summed E-state index contributed by atoms with van der Waals surface area (Å²) in [7, 11) is 8.00. The van der Waals surface area contributed by atoms with Gasteiger partial charge in [0.1, 0.15) is 59.3 Å². The number of nitrogens with zero attached hydrogens (tertiary/aromatic N) is 2. The number of benzene rings is 4. The van der Waals surface area contributed by atoms with Gasteiger partial charge in [-0.25, -0.2) is 0 Å². The maximum atomic E-state index is 13.2. The lowest BCUT2D eigenvalue weighted by Gasteiger charge is -2.47. The van der Waals surface area contributed by atoms with E-state index in [-0.39, 0.29) is 36.6 Å². The van der Waals surface area contributed by atoms with E-state index < -0.39 is 76.6 Å². The second-order valence-corrected chi connectivity index (χ2v) is 28.7. The molecule has 96 heavy (non-hydrogen) atoms. The highest BCUT2D eigenvalue weighted by Crippen LogP contribution is 2.52. The third kappa shape index (κ3) is 16.7. The molecule has 9 N–H and O–H groups in total. The molecule has 0 radical (unpaired) electrons. The molecule has 6 fully saturated rings. The molecule has 4 heterocycles. The number of hydrogen-bond acceptors (Lipinski definition) is 19. The smallest absolute Gasteiger partial charge is 0.225 e. The van der Waals surface area contributed by atoms with Crippen LogP contribution in [0.5, 0.6) is 11.5 Å². The minimum absolute atomic E-state index is 0.0510. The Hall–Kier alpha value is -5.76. The molecular weight excluding hydrogens is 1230 g/mol. The summed E-state index contributed by atoms with van der Waals surface area (Å²) in [6, 6.07) is 26.8. The number of aryl methyl sites for hydroxylation is 2. The highest BCUT2D eigenvalue weighted by Gasteiger charge is 2.69. The van der Waals surface area contributed by atoms with Gasteiger partial charge in [-0.1, -0.05) is 87.1 Å². The van der Waals surface area contributed by atoms with Gasteiger partial charge in [-0.3, -0.25) is 19.2 Å². The molecule has 0 aromatic heterocycles.